The van der Waals surface area contributed by atoms with E-state index in [2.05, 4.69) is 0 Å². The highest BCUT2D eigenvalue weighted by Gasteiger charge is 2.34. The zero-order valence-corrected chi connectivity index (χ0v) is 15.6. The van der Waals surface area contributed by atoms with Gasteiger partial charge in [0.25, 0.3) is 5.91 Å². The predicted molar refractivity (Wildman–Crippen MR) is 102 cm³/mol. The molecular weight excluding hydrogens is 350 g/mol. The monoisotopic (exact) mass is 373 g/mol. The van der Waals surface area contributed by atoms with Gasteiger partial charge in [-0.05, 0) is 29.7 Å². The molecule has 2 aromatic carbocycles. The molecule has 6 heteroatoms. The van der Waals surface area contributed by atoms with Gasteiger partial charge < -0.3 is 9.64 Å². The standard InChI is InChI=1S/C20H23NO4S/c1-25-13-12-21(19-11-14-26(23,24)15-19)20(22)18-9-7-17(8-10-18)16-5-3-2-4-6-16/h2-10,19H,11-15H2,1H3/t19-/m0/s1. The summed E-state index contributed by atoms with van der Waals surface area (Å²) in [6.07, 6.45) is 0.486. The van der Waals surface area contributed by atoms with E-state index >= 15 is 0 Å². The second kappa shape index (κ2) is 8.01. The Bertz CT molecular complexity index is 847. The van der Waals surface area contributed by atoms with Gasteiger partial charge in [0.1, 0.15) is 0 Å². The lowest BCUT2D eigenvalue weighted by Crippen LogP contribution is -2.43. The summed E-state index contributed by atoms with van der Waals surface area (Å²) < 4.78 is 28.7. The number of nitrogens with zero attached hydrogens (tertiary/aromatic N) is 1. The highest BCUT2D eigenvalue weighted by molar-refractivity contribution is 7.91. The van der Waals surface area contributed by atoms with Crippen molar-refractivity contribution < 1.29 is 17.9 Å². The van der Waals surface area contributed by atoms with Gasteiger partial charge >= 0.3 is 0 Å². The zero-order chi connectivity index (χ0) is 18.6. The normalized spacial score (nSPS) is 18.6. The molecule has 1 aliphatic heterocycles. The van der Waals surface area contributed by atoms with Crippen molar-refractivity contribution in [3.05, 3.63) is 60.2 Å². The van der Waals surface area contributed by atoms with Crippen LogP contribution in [0, 0.1) is 0 Å². The summed E-state index contributed by atoms with van der Waals surface area (Å²) in [6, 6.07) is 17.1. The number of ether oxygens (including phenoxy) is 1. The third-order valence-electron chi connectivity index (χ3n) is 4.69. The van der Waals surface area contributed by atoms with Crippen LogP contribution in [0.2, 0.25) is 0 Å². The smallest absolute Gasteiger partial charge is 0.254 e. The van der Waals surface area contributed by atoms with Gasteiger partial charge in [-0.25, -0.2) is 8.42 Å². The number of hydrogen-bond acceptors (Lipinski definition) is 4. The average molecular weight is 373 g/mol. The molecule has 0 bridgehead atoms. The second-order valence-electron chi connectivity index (χ2n) is 6.49. The number of rotatable bonds is 6. The molecule has 5 nitrogen and oxygen atoms in total. The second-order valence-corrected chi connectivity index (χ2v) is 8.72. The van der Waals surface area contributed by atoms with Crippen molar-refractivity contribution in [1.29, 1.82) is 0 Å². The molecule has 0 unspecified atom stereocenters. The lowest BCUT2D eigenvalue weighted by atomic mass is 10.0. The van der Waals surface area contributed by atoms with Gasteiger partial charge in [0, 0.05) is 25.3 Å². The number of carbonyl (C=O) groups excluding carboxylic acids is 1. The van der Waals surface area contributed by atoms with Gasteiger partial charge in [0.2, 0.25) is 0 Å². The Morgan fingerprint density at radius 2 is 1.73 bits per heavy atom. The molecule has 1 atom stereocenters. The molecular formula is C20H23NO4S. The van der Waals surface area contributed by atoms with E-state index in [1.54, 1.807) is 24.1 Å². The zero-order valence-electron chi connectivity index (χ0n) is 14.8. The van der Waals surface area contributed by atoms with Crippen molar-refractivity contribution in [3.63, 3.8) is 0 Å². The topological polar surface area (TPSA) is 63.7 Å². The van der Waals surface area contributed by atoms with Crippen LogP contribution in [-0.2, 0) is 14.6 Å². The molecule has 0 N–H and O–H groups in total. The van der Waals surface area contributed by atoms with Crippen molar-refractivity contribution in [2.75, 3.05) is 31.8 Å². The van der Waals surface area contributed by atoms with Crippen LogP contribution in [-0.4, -0.2) is 57.0 Å². The first-order valence-corrected chi connectivity index (χ1v) is 10.5. The Morgan fingerprint density at radius 1 is 1.08 bits per heavy atom. The van der Waals surface area contributed by atoms with Crippen molar-refractivity contribution >= 4 is 15.7 Å². The van der Waals surface area contributed by atoms with Gasteiger partial charge in [-0.2, -0.15) is 0 Å². The van der Waals surface area contributed by atoms with Crippen LogP contribution in [0.1, 0.15) is 16.8 Å². The van der Waals surface area contributed by atoms with E-state index in [4.69, 9.17) is 4.74 Å². The van der Waals surface area contributed by atoms with E-state index in [0.29, 0.717) is 25.1 Å². The SMILES string of the molecule is COCCN(C(=O)c1ccc(-c2ccccc2)cc1)[C@H]1CCS(=O)(=O)C1. The van der Waals surface area contributed by atoms with Crippen LogP contribution in [0.3, 0.4) is 0 Å². The van der Waals surface area contributed by atoms with E-state index in [1.807, 2.05) is 42.5 Å². The molecule has 0 aliphatic carbocycles. The largest absolute Gasteiger partial charge is 0.383 e. The number of carbonyl (C=O) groups is 1. The maximum Gasteiger partial charge on any atom is 0.254 e. The molecule has 0 aromatic heterocycles. The number of sulfone groups is 1. The number of hydrogen-bond donors (Lipinski definition) is 0. The molecule has 1 amide bonds. The molecule has 1 fully saturated rings. The lowest BCUT2D eigenvalue weighted by molar-refractivity contribution is 0.0624. The lowest BCUT2D eigenvalue weighted by Gasteiger charge is -2.28. The average Bonchev–Trinajstić information content (AvgIpc) is 3.02. The minimum atomic E-state index is -3.06. The van der Waals surface area contributed by atoms with E-state index in [1.165, 1.54) is 0 Å². The summed E-state index contributed by atoms with van der Waals surface area (Å²) in [5.41, 5.74) is 2.68. The molecule has 1 heterocycles. The van der Waals surface area contributed by atoms with Crippen LogP contribution in [0.15, 0.2) is 54.6 Å². The highest BCUT2D eigenvalue weighted by Crippen LogP contribution is 2.23. The van der Waals surface area contributed by atoms with E-state index < -0.39 is 9.84 Å². The molecule has 0 spiro atoms. The third kappa shape index (κ3) is 4.31. The Hall–Kier alpha value is -2.18. The van der Waals surface area contributed by atoms with Gasteiger partial charge in [0.15, 0.2) is 9.84 Å². The first kappa shape index (κ1) is 18.6. The van der Waals surface area contributed by atoms with Crippen LogP contribution in [0.4, 0.5) is 0 Å². The van der Waals surface area contributed by atoms with Gasteiger partial charge in [0.05, 0.1) is 18.1 Å². The van der Waals surface area contributed by atoms with Gasteiger partial charge in [-0.15, -0.1) is 0 Å². The van der Waals surface area contributed by atoms with Crippen LogP contribution >= 0.6 is 0 Å². The maximum atomic E-state index is 13.0. The molecule has 1 aliphatic rings. The number of amides is 1. The maximum absolute atomic E-state index is 13.0. The van der Waals surface area contributed by atoms with Crippen molar-refractivity contribution in [1.82, 2.24) is 4.90 Å². The molecule has 0 radical (unpaired) electrons. The summed E-state index contributed by atoms with van der Waals surface area (Å²) >= 11 is 0. The summed E-state index contributed by atoms with van der Waals surface area (Å²) in [4.78, 5) is 14.6. The summed E-state index contributed by atoms with van der Waals surface area (Å²) in [5.74, 6) is 0.0233. The van der Waals surface area contributed by atoms with Crippen molar-refractivity contribution in [2.45, 2.75) is 12.5 Å². The first-order valence-electron chi connectivity index (χ1n) is 8.66. The summed E-state index contributed by atoms with van der Waals surface area (Å²) in [6.45, 7) is 0.764. The Morgan fingerprint density at radius 3 is 2.31 bits per heavy atom. The minimum absolute atomic E-state index is 0.0323. The fourth-order valence-corrected chi connectivity index (χ4v) is 4.99. The fourth-order valence-electron chi connectivity index (χ4n) is 3.26. The first-order chi connectivity index (χ1) is 12.5. The van der Waals surface area contributed by atoms with Crippen LogP contribution < -0.4 is 0 Å². The Balaban J connectivity index is 1.80. The molecule has 138 valence electrons. The Labute approximate surface area is 154 Å². The quantitative estimate of drug-likeness (QED) is 0.781. The molecule has 0 saturated carbocycles. The fraction of sp³-hybridized carbons (Fsp3) is 0.350. The van der Waals surface area contributed by atoms with Crippen LogP contribution in [0.25, 0.3) is 11.1 Å². The Kier molecular flexibility index (Phi) is 5.74. The summed E-state index contributed by atoms with van der Waals surface area (Å²) in [5, 5.41) is 0. The van der Waals surface area contributed by atoms with E-state index in [9.17, 15) is 13.2 Å². The van der Waals surface area contributed by atoms with Crippen LogP contribution in [0.5, 0.6) is 0 Å². The van der Waals surface area contributed by atoms with Crippen molar-refractivity contribution in [2.24, 2.45) is 0 Å². The highest BCUT2D eigenvalue weighted by atomic mass is 32.2. The summed E-state index contributed by atoms with van der Waals surface area (Å²) in [7, 11) is -1.49. The number of benzene rings is 2. The van der Waals surface area contributed by atoms with Gasteiger partial charge in [-0.1, -0.05) is 42.5 Å². The third-order valence-corrected chi connectivity index (χ3v) is 6.44. The van der Waals surface area contributed by atoms with E-state index in [0.717, 1.165) is 11.1 Å². The molecule has 3 rings (SSSR count). The minimum Gasteiger partial charge on any atom is -0.383 e. The predicted octanol–water partition coefficient (Wildman–Crippen LogP) is 2.63. The van der Waals surface area contributed by atoms with Crippen molar-refractivity contribution in [3.8, 4) is 11.1 Å². The van der Waals surface area contributed by atoms with E-state index in [-0.39, 0.29) is 23.5 Å². The molecule has 1 saturated heterocycles. The number of methoxy groups -OCH3 is 1. The molecule has 2 aromatic rings. The van der Waals surface area contributed by atoms with Gasteiger partial charge in [-0.3, -0.25) is 4.79 Å². The molecule has 26 heavy (non-hydrogen) atoms.